The lowest BCUT2D eigenvalue weighted by Gasteiger charge is -2.26. The molecule has 1 saturated heterocycles. The van der Waals surface area contributed by atoms with Gasteiger partial charge in [-0.2, -0.15) is 0 Å². The van der Waals surface area contributed by atoms with E-state index < -0.39 is 23.6 Å². The molecule has 104 valence electrons. The van der Waals surface area contributed by atoms with Gasteiger partial charge < -0.3 is 25.2 Å². The van der Waals surface area contributed by atoms with Gasteiger partial charge in [0.25, 0.3) is 0 Å². The smallest absolute Gasteiger partial charge is 0.315 e. The predicted molar refractivity (Wildman–Crippen MR) is 63.4 cm³/mol. The second kappa shape index (κ2) is 6.55. The van der Waals surface area contributed by atoms with Crippen LogP contribution in [0.4, 0.5) is 4.79 Å². The maximum absolute atomic E-state index is 11.5. The summed E-state index contributed by atoms with van der Waals surface area (Å²) in [7, 11) is 1.58. The Balaban J connectivity index is 2.30. The van der Waals surface area contributed by atoms with Crippen LogP contribution in [0.25, 0.3) is 0 Å². The summed E-state index contributed by atoms with van der Waals surface area (Å²) in [4.78, 5) is 22.0. The van der Waals surface area contributed by atoms with E-state index in [4.69, 9.17) is 14.6 Å². The number of methoxy groups -OCH3 is 1. The molecule has 1 rings (SSSR count). The fraction of sp³-hybridized carbons (Fsp3) is 0.818. The van der Waals surface area contributed by atoms with Crippen molar-refractivity contribution in [3.05, 3.63) is 0 Å². The molecule has 1 aliphatic rings. The second-order valence-corrected chi connectivity index (χ2v) is 4.52. The lowest BCUT2D eigenvalue weighted by Crippen LogP contribution is -2.49. The molecule has 0 aromatic rings. The van der Waals surface area contributed by atoms with Crippen LogP contribution in [0.2, 0.25) is 0 Å². The molecule has 0 aromatic carbocycles. The summed E-state index contributed by atoms with van der Waals surface area (Å²) in [6, 6.07) is -0.812. The third kappa shape index (κ3) is 4.50. The number of nitrogens with one attached hydrogen (secondary N) is 2. The Morgan fingerprint density at radius 3 is 2.78 bits per heavy atom. The summed E-state index contributed by atoms with van der Waals surface area (Å²) in [5.74, 6) is -0.944. The zero-order valence-corrected chi connectivity index (χ0v) is 10.7. The molecule has 0 aliphatic carbocycles. The fourth-order valence-electron chi connectivity index (χ4n) is 1.79. The Morgan fingerprint density at radius 2 is 2.28 bits per heavy atom. The summed E-state index contributed by atoms with van der Waals surface area (Å²) in [6.07, 6.45) is 0.625. The number of hydrogen-bond donors (Lipinski definition) is 3. The summed E-state index contributed by atoms with van der Waals surface area (Å²) in [6.45, 7) is 3.05. The molecule has 0 aromatic heterocycles. The van der Waals surface area contributed by atoms with Crippen molar-refractivity contribution < 1.29 is 24.2 Å². The average Bonchev–Trinajstić information content (AvgIpc) is 2.74. The molecule has 2 amide bonds. The Hall–Kier alpha value is -1.34. The van der Waals surface area contributed by atoms with Gasteiger partial charge in [0.1, 0.15) is 5.60 Å². The maximum atomic E-state index is 11.5. The van der Waals surface area contributed by atoms with Gasteiger partial charge in [-0.25, -0.2) is 4.79 Å². The highest BCUT2D eigenvalue weighted by atomic mass is 16.5. The van der Waals surface area contributed by atoms with Crippen LogP contribution in [0, 0.1) is 0 Å². The summed E-state index contributed by atoms with van der Waals surface area (Å²) in [5, 5.41) is 13.8. The lowest BCUT2D eigenvalue weighted by molar-refractivity contribution is -0.137. The highest BCUT2D eigenvalue weighted by Crippen LogP contribution is 2.21. The number of carbonyl (C=O) groups excluding carboxylic acids is 1. The van der Waals surface area contributed by atoms with Crippen molar-refractivity contribution in [1.82, 2.24) is 10.6 Å². The SMILES string of the molecule is COC1(CNC(=O)NC(C)CC(=O)O)CCOC1. The van der Waals surface area contributed by atoms with Crippen LogP contribution in [0.5, 0.6) is 0 Å². The molecule has 2 atom stereocenters. The number of urea groups is 1. The average molecular weight is 260 g/mol. The van der Waals surface area contributed by atoms with E-state index in [2.05, 4.69) is 10.6 Å². The largest absolute Gasteiger partial charge is 0.481 e. The number of aliphatic carboxylic acids is 1. The van der Waals surface area contributed by atoms with E-state index in [1.807, 2.05) is 0 Å². The van der Waals surface area contributed by atoms with Gasteiger partial charge in [-0.05, 0) is 6.92 Å². The van der Waals surface area contributed by atoms with Crippen LogP contribution >= 0.6 is 0 Å². The molecule has 18 heavy (non-hydrogen) atoms. The molecule has 1 aliphatic heterocycles. The van der Waals surface area contributed by atoms with Gasteiger partial charge in [-0.3, -0.25) is 4.79 Å². The molecule has 1 heterocycles. The van der Waals surface area contributed by atoms with E-state index in [9.17, 15) is 9.59 Å². The van der Waals surface area contributed by atoms with Gasteiger partial charge >= 0.3 is 12.0 Å². The lowest BCUT2D eigenvalue weighted by atomic mass is 10.0. The van der Waals surface area contributed by atoms with Gasteiger partial charge in [0, 0.05) is 26.2 Å². The molecular weight excluding hydrogens is 240 g/mol. The molecule has 0 spiro atoms. The third-order valence-corrected chi connectivity index (χ3v) is 2.93. The monoisotopic (exact) mass is 260 g/mol. The highest BCUT2D eigenvalue weighted by molar-refractivity contribution is 5.75. The first kappa shape index (κ1) is 14.7. The van der Waals surface area contributed by atoms with Gasteiger partial charge in [0.2, 0.25) is 0 Å². The van der Waals surface area contributed by atoms with Crippen molar-refractivity contribution in [2.75, 3.05) is 26.9 Å². The maximum Gasteiger partial charge on any atom is 0.315 e. The molecule has 0 saturated carbocycles. The number of rotatable bonds is 6. The number of amides is 2. The van der Waals surface area contributed by atoms with Crippen LogP contribution in [0.3, 0.4) is 0 Å². The fourth-order valence-corrected chi connectivity index (χ4v) is 1.79. The molecule has 7 heteroatoms. The van der Waals surface area contributed by atoms with E-state index in [1.165, 1.54) is 0 Å². The third-order valence-electron chi connectivity index (χ3n) is 2.93. The van der Waals surface area contributed by atoms with Gasteiger partial charge in [-0.15, -0.1) is 0 Å². The minimum absolute atomic E-state index is 0.105. The first-order chi connectivity index (χ1) is 8.47. The first-order valence-electron chi connectivity index (χ1n) is 5.86. The normalized spacial score (nSPS) is 24.6. The Bertz CT molecular complexity index is 302. The summed E-state index contributed by atoms with van der Waals surface area (Å²) in [5.41, 5.74) is -0.465. The van der Waals surface area contributed by atoms with Crippen LogP contribution < -0.4 is 10.6 Å². The van der Waals surface area contributed by atoms with Crippen molar-refractivity contribution in [2.24, 2.45) is 0 Å². The molecule has 3 N–H and O–H groups in total. The van der Waals surface area contributed by atoms with Crippen molar-refractivity contribution in [2.45, 2.75) is 31.4 Å². The Kier molecular flexibility index (Phi) is 5.36. The standard InChI is InChI=1S/C11H20N2O5/c1-8(5-9(14)15)13-10(16)12-6-11(17-2)3-4-18-7-11/h8H,3-7H2,1-2H3,(H,14,15)(H2,12,13,16). The quantitative estimate of drug-likeness (QED) is 0.622. The van der Waals surface area contributed by atoms with Crippen molar-refractivity contribution in [1.29, 1.82) is 0 Å². The number of carboxylic acids is 1. The molecule has 0 radical (unpaired) electrons. The van der Waals surface area contributed by atoms with Crippen molar-refractivity contribution in [3.63, 3.8) is 0 Å². The molecule has 0 bridgehead atoms. The molecule has 2 unspecified atom stereocenters. The minimum atomic E-state index is -0.944. The Morgan fingerprint density at radius 1 is 1.56 bits per heavy atom. The number of hydrogen-bond acceptors (Lipinski definition) is 4. The van der Waals surface area contributed by atoms with Crippen LogP contribution in [-0.4, -0.2) is 55.6 Å². The minimum Gasteiger partial charge on any atom is -0.481 e. The van der Waals surface area contributed by atoms with Crippen LogP contribution in [0.15, 0.2) is 0 Å². The van der Waals surface area contributed by atoms with E-state index in [0.717, 1.165) is 6.42 Å². The van der Waals surface area contributed by atoms with Crippen molar-refractivity contribution in [3.8, 4) is 0 Å². The number of carboxylic acid groups (broad SMARTS) is 1. The van der Waals surface area contributed by atoms with Gasteiger partial charge in [-0.1, -0.05) is 0 Å². The highest BCUT2D eigenvalue weighted by Gasteiger charge is 2.35. The summed E-state index contributed by atoms with van der Waals surface area (Å²) < 4.78 is 10.6. The molecule has 1 fully saturated rings. The first-order valence-corrected chi connectivity index (χ1v) is 5.86. The van der Waals surface area contributed by atoms with Crippen molar-refractivity contribution >= 4 is 12.0 Å². The van der Waals surface area contributed by atoms with Crippen LogP contribution in [-0.2, 0) is 14.3 Å². The number of ether oxygens (including phenoxy) is 2. The topological polar surface area (TPSA) is 96.9 Å². The van der Waals surface area contributed by atoms with E-state index >= 15 is 0 Å². The van der Waals surface area contributed by atoms with E-state index in [0.29, 0.717) is 19.8 Å². The van der Waals surface area contributed by atoms with Crippen LogP contribution in [0.1, 0.15) is 19.8 Å². The molecule has 7 nitrogen and oxygen atoms in total. The molecular formula is C11H20N2O5. The Labute approximate surface area is 106 Å². The zero-order valence-electron chi connectivity index (χ0n) is 10.7. The van der Waals surface area contributed by atoms with E-state index in [-0.39, 0.29) is 6.42 Å². The van der Waals surface area contributed by atoms with E-state index in [1.54, 1.807) is 14.0 Å². The second-order valence-electron chi connectivity index (χ2n) is 4.52. The predicted octanol–water partition coefficient (Wildman–Crippen LogP) is -0.0457. The zero-order chi connectivity index (χ0) is 13.6. The summed E-state index contributed by atoms with van der Waals surface area (Å²) >= 11 is 0. The van der Waals surface area contributed by atoms with Gasteiger partial charge in [0.15, 0.2) is 0 Å². The van der Waals surface area contributed by atoms with Gasteiger partial charge in [0.05, 0.1) is 19.6 Å². The number of carbonyl (C=O) groups is 2.